The Balaban J connectivity index is 2.31. The predicted octanol–water partition coefficient (Wildman–Crippen LogP) is 3.65. The van der Waals surface area contributed by atoms with Gasteiger partial charge in [-0.3, -0.25) is 4.79 Å². The monoisotopic (exact) mass is 237 g/mol. The Hall–Kier alpha value is -1.02. The molecule has 3 heteroatoms. The van der Waals surface area contributed by atoms with Gasteiger partial charge in [0.1, 0.15) is 0 Å². The molecule has 1 amide bonds. The molecule has 0 aliphatic carbocycles. The van der Waals surface area contributed by atoms with Crippen LogP contribution in [0.2, 0.25) is 0 Å². The lowest BCUT2D eigenvalue weighted by molar-refractivity contribution is -0.116. The minimum atomic E-state index is 0.0734. The highest BCUT2D eigenvalue weighted by atomic mass is 35.5. The third kappa shape index (κ3) is 2.38. The highest BCUT2D eigenvalue weighted by Gasteiger charge is 2.14. The van der Waals surface area contributed by atoms with Crippen LogP contribution in [0.15, 0.2) is 18.2 Å². The third-order valence-corrected chi connectivity index (χ3v) is 3.53. The Kier molecular flexibility index (Phi) is 3.49. The van der Waals surface area contributed by atoms with Gasteiger partial charge in [0.25, 0.3) is 0 Å². The number of anilines is 1. The molecule has 86 valence electrons. The van der Waals surface area contributed by atoms with Crippen LogP contribution in [0.1, 0.15) is 42.7 Å². The maximum absolute atomic E-state index is 11.4. The molecule has 1 aromatic rings. The first-order chi connectivity index (χ1) is 7.70. The number of hydrogen-bond acceptors (Lipinski definition) is 1. The summed E-state index contributed by atoms with van der Waals surface area (Å²) in [6.45, 7) is 2.07. The molecule has 0 saturated heterocycles. The van der Waals surface area contributed by atoms with Crippen molar-refractivity contribution in [3.63, 3.8) is 0 Å². The summed E-state index contributed by atoms with van der Waals surface area (Å²) in [6.07, 6.45) is 3.41. The lowest BCUT2D eigenvalue weighted by atomic mass is 10.0. The molecule has 0 aromatic heterocycles. The number of carbonyl (C=O) groups is 1. The molecule has 1 aromatic carbocycles. The molecule has 1 heterocycles. The summed E-state index contributed by atoms with van der Waals surface area (Å²) in [5.74, 6) is 0.115. The van der Waals surface area contributed by atoms with Crippen LogP contribution in [0.25, 0.3) is 0 Å². The van der Waals surface area contributed by atoms with E-state index in [2.05, 4.69) is 18.3 Å². The number of fused-ring (bicyclic) bond motifs is 1. The van der Waals surface area contributed by atoms with Gasteiger partial charge in [0.15, 0.2) is 0 Å². The molecule has 1 aliphatic rings. The molecule has 0 fully saturated rings. The first-order valence-corrected chi connectivity index (χ1v) is 6.21. The van der Waals surface area contributed by atoms with E-state index in [4.69, 9.17) is 11.6 Å². The number of halogens is 1. The van der Waals surface area contributed by atoms with Crippen molar-refractivity contribution in [3.05, 3.63) is 29.3 Å². The SMILES string of the molecule is CCC(Cl)c1ccc2c(c1)CCCC(=O)N2. The fourth-order valence-corrected chi connectivity index (χ4v) is 2.16. The van der Waals surface area contributed by atoms with Gasteiger partial charge in [-0.1, -0.05) is 19.1 Å². The van der Waals surface area contributed by atoms with E-state index in [1.807, 2.05) is 12.1 Å². The molecule has 0 saturated carbocycles. The second-order valence-electron chi connectivity index (χ2n) is 4.19. The van der Waals surface area contributed by atoms with E-state index in [1.54, 1.807) is 0 Å². The number of benzene rings is 1. The van der Waals surface area contributed by atoms with Crippen molar-refractivity contribution in [1.82, 2.24) is 0 Å². The average Bonchev–Trinajstić information content (AvgIpc) is 2.47. The zero-order chi connectivity index (χ0) is 11.5. The van der Waals surface area contributed by atoms with Gasteiger partial charge in [0, 0.05) is 12.1 Å². The molecule has 16 heavy (non-hydrogen) atoms. The number of aryl methyl sites for hydroxylation is 1. The molecule has 0 radical (unpaired) electrons. The molecule has 0 spiro atoms. The van der Waals surface area contributed by atoms with Gasteiger partial charge in [-0.2, -0.15) is 0 Å². The van der Waals surface area contributed by atoms with Gasteiger partial charge < -0.3 is 5.32 Å². The first kappa shape index (κ1) is 11.5. The van der Waals surface area contributed by atoms with Crippen molar-refractivity contribution in [3.8, 4) is 0 Å². The quantitative estimate of drug-likeness (QED) is 0.782. The maximum Gasteiger partial charge on any atom is 0.224 e. The Morgan fingerprint density at radius 3 is 3.00 bits per heavy atom. The number of alkyl halides is 1. The fourth-order valence-electron chi connectivity index (χ4n) is 2.03. The number of nitrogens with one attached hydrogen (secondary N) is 1. The van der Waals surface area contributed by atoms with E-state index in [0.29, 0.717) is 6.42 Å². The first-order valence-electron chi connectivity index (χ1n) is 5.77. The molecule has 2 rings (SSSR count). The van der Waals surface area contributed by atoms with Crippen LogP contribution in [-0.2, 0) is 11.2 Å². The highest BCUT2D eigenvalue weighted by molar-refractivity contribution is 6.20. The van der Waals surface area contributed by atoms with E-state index in [0.717, 1.165) is 30.5 Å². The van der Waals surface area contributed by atoms with Crippen molar-refractivity contribution in [2.24, 2.45) is 0 Å². The topological polar surface area (TPSA) is 29.1 Å². The van der Waals surface area contributed by atoms with Gasteiger partial charge in [-0.15, -0.1) is 11.6 Å². The largest absolute Gasteiger partial charge is 0.326 e. The van der Waals surface area contributed by atoms with Crippen molar-refractivity contribution in [2.45, 2.75) is 38.0 Å². The van der Waals surface area contributed by atoms with E-state index in [9.17, 15) is 4.79 Å². The highest BCUT2D eigenvalue weighted by Crippen LogP contribution is 2.29. The number of hydrogen-bond donors (Lipinski definition) is 1. The molecular weight excluding hydrogens is 222 g/mol. The summed E-state index contributed by atoms with van der Waals surface area (Å²) in [4.78, 5) is 11.4. The van der Waals surface area contributed by atoms with Gasteiger partial charge in [0.05, 0.1) is 5.38 Å². The zero-order valence-corrected chi connectivity index (χ0v) is 10.2. The molecule has 1 unspecified atom stereocenters. The van der Waals surface area contributed by atoms with E-state index in [1.165, 1.54) is 5.56 Å². The second kappa shape index (κ2) is 4.88. The van der Waals surface area contributed by atoms with Crippen LogP contribution in [-0.4, -0.2) is 5.91 Å². The number of rotatable bonds is 2. The van der Waals surface area contributed by atoms with Crippen LogP contribution in [0.4, 0.5) is 5.69 Å². The summed E-state index contributed by atoms with van der Waals surface area (Å²) in [5, 5.41) is 3.00. The summed E-state index contributed by atoms with van der Waals surface area (Å²) < 4.78 is 0. The van der Waals surface area contributed by atoms with E-state index in [-0.39, 0.29) is 11.3 Å². The van der Waals surface area contributed by atoms with E-state index >= 15 is 0 Å². The second-order valence-corrected chi connectivity index (χ2v) is 4.72. The zero-order valence-electron chi connectivity index (χ0n) is 9.42. The Labute approximate surface area is 101 Å². The Bertz CT molecular complexity index is 403. The normalized spacial score (nSPS) is 17.2. The Morgan fingerprint density at radius 1 is 1.44 bits per heavy atom. The lowest BCUT2D eigenvalue weighted by Crippen LogP contribution is -2.09. The summed E-state index contributed by atoms with van der Waals surface area (Å²) in [6, 6.07) is 6.10. The number of carbonyl (C=O) groups excluding carboxylic acids is 1. The van der Waals surface area contributed by atoms with Crippen molar-refractivity contribution in [2.75, 3.05) is 5.32 Å². The van der Waals surface area contributed by atoms with Crippen molar-refractivity contribution >= 4 is 23.2 Å². The molecule has 1 atom stereocenters. The van der Waals surface area contributed by atoms with Gasteiger partial charge >= 0.3 is 0 Å². The van der Waals surface area contributed by atoms with Gasteiger partial charge in [-0.25, -0.2) is 0 Å². The van der Waals surface area contributed by atoms with Crippen LogP contribution < -0.4 is 5.32 Å². The van der Waals surface area contributed by atoms with Gasteiger partial charge in [0.2, 0.25) is 5.91 Å². The molecular formula is C13H16ClNO. The minimum absolute atomic E-state index is 0.0734. The van der Waals surface area contributed by atoms with Crippen LogP contribution in [0.3, 0.4) is 0 Å². The predicted molar refractivity (Wildman–Crippen MR) is 66.9 cm³/mol. The Morgan fingerprint density at radius 2 is 2.25 bits per heavy atom. The van der Waals surface area contributed by atoms with Crippen molar-refractivity contribution in [1.29, 1.82) is 0 Å². The lowest BCUT2D eigenvalue weighted by Gasteiger charge is -2.12. The summed E-state index contributed by atoms with van der Waals surface area (Å²) in [7, 11) is 0. The van der Waals surface area contributed by atoms with Gasteiger partial charge in [-0.05, 0) is 36.5 Å². The molecule has 1 N–H and O–H groups in total. The number of amides is 1. The minimum Gasteiger partial charge on any atom is -0.326 e. The van der Waals surface area contributed by atoms with Crippen molar-refractivity contribution < 1.29 is 4.79 Å². The van der Waals surface area contributed by atoms with Crippen LogP contribution in [0.5, 0.6) is 0 Å². The standard InChI is InChI=1S/C13H16ClNO/c1-2-11(14)9-6-7-12-10(8-9)4-3-5-13(16)15-12/h6-8,11H,2-5H2,1H3,(H,15,16). The third-order valence-electron chi connectivity index (χ3n) is 2.97. The summed E-state index contributed by atoms with van der Waals surface area (Å²) >= 11 is 6.22. The maximum atomic E-state index is 11.4. The van der Waals surface area contributed by atoms with Crippen LogP contribution in [0, 0.1) is 0 Å². The molecule has 2 nitrogen and oxygen atoms in total. The average molecular weight is 238 g/mol. The molecule has 1 aliphatic heterocycles. The molecule has 0 bridgehead atoms. The summed E-state index contributed by atoms with van der Waals surface area (Å²) in [5.41, 5.74) is 3.31. The fraction of sp³-hybridized carbons (Fsp3) is 0.462. The van der Waals surface area contributed by atoms with E-state index < -0.39 is 0 Å². The van der Waals surface area contributed by atoms with Crippen LogP contribution >= 0.6 is 11.6 Å². The smallest absolute Gasteiger partial charge is 0.224 e.